The molecule has 1 aromatic rings. The van der Waals surface area contributed by atoms with Crippen molar-refractivity contribution in [2.24, 2.45) is 0 Å². The number of unbranched alkanes of at least 4 members (excludes halogenated alkanes) is 8. The average Bonchev–Trinajstić information content (AvgIpc) is 3.58. The number of aromatic nitrogens is 2. The van der Waals surface area contributed by atoms with Crippen molar-refractivity contribution in [1.29, 1.82) is 0 Å². The van der Waals surface area contributed by atoms with Gasteiger partial charge in [-0.2, -0.15) is 0 Å². The largest absolute Gasteiger partial charge is 0.460 e. The molecule has 1 heterocycles. The first-order chi connectivity index (χ1) is 31.7. The van der Waals surface area contributed by atoms with Gasteiger partial charge in [0.25, 0.3) is 0 Å². The van der Waals surface area contributed by atoms with E-state index in [2.05, 4.69) is 27.5 Å². The quantitative estimate of drug-likeness (QED) is 0.0363. The van der Waals surface area contributed by atoms with Crippen LogP contribution in [0.25, 0.3) is 0 Å². The summed E-state index contributed by atoms with van der Waals surface area (Å²) in [6.07, 6.45) is 13.4. The summed E-state index contributed by atoms with van der Waals surface area (Å²) in [5.74, 6) is -1.28. The highest BCUT2D eigenvalue weighted by Gasteiger charge is 2.30. The lowest BCUT2D eigenvalue weighted by Gasteiger charge is -2.29. The van der Waals surface area contributed by atoms with Gasteiger partial charge in [-0.1, -0.05) is 45.1 Å². The van der Waals surface area contributed by atoms with Gasteiger partial charge in [-0.25, -0.2) is 14.6 Å². The van der Waals surface area contributed by atoms with E-state index in [1.165, 1.54) is 0 Å². The number of carbonyl (C=O) groups excluding carboxylic acids is 6. The lowest BCUT2D eigenvalue weighted by molar-refractivity contribution is -0.159. The maximum absolute atomic E-state index is 13.3. The second kappa shape index (κ2) is 29.5. The molecule has 0 spiro atoms. The first kappa shape index (κ1) is 62.3. The molecule has 396 valence electrons. The van der Waals surface area contributed by atoms with Crippen molar-refractivity contribution in [3.63, 3.8) is 0 Å². The van der Waals surface area contributed by atoms with Crippen molar-refractivity contribution < 1.29 is 52.5 Å². The lowest BCUT2D eigenvalue weighted by atomic mass is 10.1. The van der Waals surface area contributed by atoms with Gasteiger partial charge in [0, 0.05) is 31.8 Å². The van der Waals surface area contributed by atoms with Gasteiger partial charge >= 0.3 is 29.8 Å². The second-order valence-electron chi connectivity index (χ2n) is 22.8. The van der Waals surface area contributed by atoms with Crippen molar-refractivity contribution in [3.8, 4) is 0 Å². The average molecular weight is 977 g/mol. The van der Waals surface area contributed by atoms with Crippen molar-refractivity contribution in [2.45, 2.75) is 247 Å². The van der Waals surface area contributed by atoms with Crippen LogP contribution in [0.3, 0.4) is 0 Å². The third-order valence-corrected chi connectivity index (χ3v) is 9.67. The normalized spacial score (nSPS) is 13.2. The third-order valence-electron chi connectivity index (χ3n) is 9.67. The molecule has 17 heteroatoms. The standard InChI is InChI=1S/C52H92N6O11/c1-38(56-40(47(64)69-52(14,15)16)29-30-43(60)65-48(2,3)4)55-39(46(63)68-51(11,12)13)27-24-25-31-54-42(59)28-23-21-19-17-18-20-22-26-33-57(36-44(61)66-49(5,6)7)35-41-53-32-34-58(41)37-45(62)67-50(8,9)10/h32,34,39-40,55-56H,1,17-31,33,35-37H2,2-16H3,(H,54,59)/t39-,40-/m0/s1. The summed E-state index contributed by atoms with van der Waals surface area (Å²) in [5.41, 5.74) is -3.36. The molecule has 0 aromatic carbocycles. The minimum atomic E-state index is -0.936. The summed E-state index contributed by atoms with van der Waals surface area (Å²) >= 11 is 0. The molecule has 3 N–H and O–H groups in total. The van der Waals surface area contributed by atoms with Crippen molar-refractivity contribution in [1.82, 2.24) is 30.4 Å². The maximum Gasteiger partial charge on any atom is 0.329 e. The van der Waals surface area contributed by atoms with Crippen LogP contribution >= 0.6 is 0 Å². The first-order valence-corrected chi connectivity index (χ1v) is 25.0. The Morgan fingerprint density at radius 3 is 1.57 bits per heavy atom. The summed E-state index contributed by atoms with van der Waals surface area (Å²) in [6.45, 7) is 32.7. The van der Waals surface area contributed by atoms with Crippen molar-refractivity contribution in [2.75, 3.05) is 19.6 Å². The van der Waals surface area contributed by atoms with Crippen LogP contribution < -0.4 is 16.0 Å². The van der Waals surface area contributed by atoms with Crippen LogP contribution in [0, 0.1) is 0 Å². The van der Waals surface area contributed by atoms with Gasteiger partial charge in [0.05, 0.1) is 18.9 Å². The fourth-order valence-electron chi connectivity index (χ4n) is 6.95. The number of carbonyl (C=O) groups is 6. The number of nitrogens with zero attached hydrogens (tertiary/aromatic N) is 3. The van der Waals surface area contributed by atoms with Crippen molar-refractivity contribution >= 4 is 35.8 Å². The molecule has 0 aliphatic rings. The van der Waals surface area contributed by atoms with E-state index < -0.39 is 58.0 Å². The van der Waals surface area contributed by atoms with Crippen molar-refractivity contribution in [3.05, 3.63) is 30.6 Å². The molecule has 69 heavy (non-hydrogen) atoms. The zero-order valence-corrected chi connectivity index (χ0v) is 45.3. The van der Waals surface area contributed by atoms with Gasteiger partial charge in [0.1, 0.15) is 52.5 Å². The Labute approximate surface area is 414 Å². The molecule has 1 aromatic heterocycles. The van der Waals surface area contributed by atoms with Gasteiger partial charge in [-0.15, -0.1) is 0 Å². The number of amides is 1. The second-order valence-corrected chi connectivity index (χ2v) is 22.8. The van der Waals surface area contributed by atoms with Crippen LogP contribution in [0.5, 0.6) is 0 Å². The van der Waals surface area contributed by atoms with E-state index in [-0.39, 0.29) is 49.6 Å². The van der Waals surface area contributed by atoms with Crippen LogP contribution in [-0.2, 0) is 65.5 Å². The van der Waals surface area contributed by atoms with Gasteiger partial charge in [-0.3, -0.25) is 24.1 Å². The number of hydrogen-bond donors (Lipinski definition) is 3. The van der Waals surface area contributed by atoms with Crippen LogP contribution in [0.15, 0.2) is 24.8 Å². The number of esters is 5. The van der Waals surface area contributed by atoms with Crippen LogP contribution in [0.2, 0.25) is 0 Å². The number of imidazole rings is 1. The third kappa shape index (κ3) is 33.5. The molecule has 0 saturated heterocycles. The fourth-order valence-corrected chi connectivity index (χ4v) is 6.95. The van der Waals surface area contributed by atoms with E-state index >= 15 is 0 Å². The summed E-state index contributed by atoms with van der Waals surface area (Å²) in [5, 5.41) is 9.09. The topological polar surface area (TPSA) is 206 Å². The molecule has 17 nitrogen and oxygen atoms in total. The first-order valence-electron chi connectivity index (χ1n) is 25.0. The molecule has 1 amide bonds. The van der Waals surface area contributed by atoms with Crippen LogP contribution in [0.4, 0.5) is 0 Å². The summed E-state index contributed by atoms with van der Waals surface area (Å²) in [7, 11) is 0. The van der Waals surface area contributed by atoms with Gasteiger partial charge in [0.15, 0.2) is 0 Å². The smallest absolute Gasteiger partial charge is 0.329 e. The van der Waals surface area contributed by atoms with E-state index in [9.17, 15) is 28.8 Å². The molecule has 0 aliphatic carbocycles. The highest BCUT2D eigenvalue weighted by Crippen LogP contribution is 2.18. The fraction of sp³-hybridized carbons (Fsp3) is 0.788. The molecule has 0 aliphatic heterocycles. The summed E-state index contributed by atoms with van der Waals surface area (Å²) < 4.78 is 29.6. The minimum Gasteiger partial charge on any atom is -0.460 e. The predicted molar refractivity (Wildman–Crippen MR) is 267 cm³/mol. The highest BCUT2D eigenvalue weighted by molar-refractivity contribution is 5.79. The Bertz CT molecular complexity index is 1760. The molecule has 0 bridgehead atoms. The Morgan fingerprint density at radius 1 is 0.580 bits per heavy atom. The monoisotopic (exact) mass is 977 g/mol. The Hall–Kier alpha value is -4.67. The van der Waals surface area contributed by atoms with Crippen LogP contribution in [-0.4, -0.2) is 110 Å². The SMILES string of the molecule is C=C(N[C@@H](CCCCNC(=O)CCCCCCCCCCN(CC(=O)OC(C)(C)C)Cc1nccn1CC(=O)OC(C)(C)C)C(=O)OC(C)(C)C)N[C@@H](CCC(=O)OC(C)(C)C)C(=O)OC(C)(C)C. The summed E-state index contributed by atoms with van der Waals surface area (Å²) in [6, 6.07) is -1.72. The molecular formula is C52H92N6O11. The molecule has 2 atom stereocenters. The van der Waals surface area contributed by atoms with Gasteiger partial charge in [-0.05, 0) is 149 Å². The van der Waals surface area contributed by atoms with Gasteiger partial charge in [0.2, 0.25) is 5.91 Å². The highest BCUT2D eigenvalue weighted by atomic mass is 16.6. The van der Waals surface area contributed by atoms with E-state index in [1.807, 2.05) is 46.4 Å². The Kier molecular flexibility index (Phi) is 26.7. The number of nitrogens with one attached hydrogen (secondary N) is 3. The Balaban J connectivity index is 2.54. The van der Waals surface area contributed by atoms with E-state index in [4.69, 9.17) is 23.7 Å². The maximum atomic E-state index is 13.3. The zero-order chi connectivity index (χ0) is 52.6. The molecule has 0 saturated carbocycles. The van der Waals surface area contributed by atoms with E-state index in [1.54, 1.807) is 79.3 Å². The number of ether oxygens (including phenoxy) is 5. The van der Waals surface area contributed by atoms with Gasteiger partial charge < -0.3 is 44.2 Å². The lowest BCUT2D eigenvalue weighted by Crippen LogP contribution is -2.48. The number of rotatable bonds is 31. The summed E-state index contributed by atoms with van der Waals surface area (Å²) in [4.78, 5) is 83.3. The predicted octanol–water partition coefficient (Wildman–Crippen LogP) is 8.36. The van der Waals surface area contributed by atoms with E-state index in [0.717, 1.165) is 51.4 Å². The Morgan fingerprint density at radius 2 is 1.04 bits per heavy atom. The zero-order valence-electron chi connectivity index (χ0n) is 45.3. The minimum absolute atomic E-state index is 0.00259. The molecule has 1 rings (SSSR count). The number of hydrogen-bond acceptors (Lipinski definition) is 15. The van der Waals surface area contributed by atoms with E-state index in [0.29, 0.717) is 51.1 Å². The van der Waals surface area contributed by atoms with Crippen LogP contribution in [0.1, 0.15) is 200 Å². The molecule has 0 unspecified atom stereocenters. The molecule has 0 radical (unpaired) electrons. The molecule has 0 fully saturated rings. The molecular weight excluding hydrogens is 885 g/mol.